The lowest BCUT2D eigenvalue weighted by atomic mass is 9.51. The maximum Gasteiger partial charge on any atom is 0.223 e. The minimum absolute atomic E-state index is 0.0523. The molecule has 0 heterocycles. The zero-order chi connectivity index (χ0) is 13.6. The van der Waals surface area contributed by atoms with Crippen molar-refractivity contribution in [1.29, 1.82) is 0 Å². The smallest absolute Gasteiger partial charge is 0.223 e. The van der Waals surface area contributed by atoms with Crippen LogP contribution in [0.2, 0.25) is 0 Å². The van der Waals surface area contributed by atoms with Gasteiger partial charge in [-0.1, -0.05) is 13.8 Å². The summed E-state index contributed by atoms with van der Waals surface area (Å²) < 4.78 is 0. The Balaban J connectivity index is 1.67. The Kier molecular flexibility index (Phi) is 3.59. The van der Waals surface area contributed by atoms with Crippen molar-refractivity contribution >= 4 is 5.91 Å². The molecule has 4 bridgehead atoms. The first-order chi connectivity index (χ1) is 9.08. The first-order valence-corrected chi connectivity index (χ1v) is 7.99. The van der Waals surface area contributed by atoms with Gasteiger partial charge in [0.05, 0.1) is 12.6 Å². The molecular formula is C16H27NO2. The molecule has 3 heteroatoms. The van der Waals surface area contributed by atoms with Gasteiger partial charge in [-0.3, -0.25) is 4.79 Å². The number of carbonyl (C=O) groups excluding carboxylic acids is 1. The zero-order valence-electron chi connectivity index (χ0n) is 12.1. The fourth-order valence-corrected chi connectivity index (χ4v) is 5.06. The molecule has 0 spiro atoms. The van der Waals surface area contributed by atoms with Crippen molar-refractivity contribution in [2.45, 2.75) is 52.0 Å². The van der Waals surface area contributed by atoms with Crippen molar-refractivity contribution in [3.8, 4) is 0 Å². The van der Waals surface area contributed by atoms with E-state index in [0.717, 1.165) is 11.8 Å². The average molecular weight is 265 g/mol. The number of aliphatic hydroxyl groups is 1. The van der Waals surface area contributed by atoms with Gasteiger partial charge >= 0.3 is 0 Å². The summed E-state index contributed by atoms with van der Waals surface area (Å²) in [7, 11) is 0. The number of nitrogens with one attached hydrogen (secondary N) is 1. The Labute approximate surface area is 116 Å². The fraction of sp³-hybridized carbons (Fsp3) is 0.938. The lowest BCUT2D eigenvalue weighted by Crippen LogP contribution is -2.53. The van der Waals surface area contributed by atoms with Gasteiger partial charge in [0.25, 0.3) is 0 Å². The van der Waals surface area contributed by atoms with E-state index in [4.69, 9.17) is 0 Å². The molecule has 19 heavy (non-hydrogen) atoms. The highest BCUT2D eigenvalue weighted by molar-refractivity contribution is 5.80. The van der Waals surface area contributed by atoms with E-state index in [1.54, 1.807) is 0 Å². The second-order valence-electron chi connectivity index (χ2n) is 7.50. The second-order valence-corrected chi connectivity index (χ2v) is 7.50. The molecule has 4 aliphatic carbocycles. The van der Waals surface area contributed by atoms with Crippen LogP contribution in [0.1, 0.15) is 46.0 Å². The monoisotopic (exact) mass is 265 g/mol. The summed E-state index contributed by atoms with van der Waals surface area (Å²) in [6.45, 7) is 4.16. The summed E-state index contributed by atoms with van der Waals surface area (Å²) in [5.41, 5.74) is 0. The lowest BCUT2D eigenvalue weighted by molar-refractivity contribution is -0.139. The molecule has 3 nitrogen and oxygen atoms in total. The first-order valence-electron chi connectivity index (χ1n) is 7.99. The zero-order valence-corrected chi connectivity index (χ0v) is 12.1. The van der Waals surface area contributed by atoms with Crippen LogP contribution >= 0.6 is 0 Å². The van der Waals surface area contributed by atoms with Crippen molar-refractivity contribution in [3.63, 3.8) is 0 Å². The molecule has 0 radical (unpaired) electrons. The Morgan fingerprint density at radius 3 is 2.05 bits per heavy atom. The van der Waals surface area contributed by atoms with Crippen LogP contribution in [0.4, 0.5) is 0 Å². The van der Waals surface area contributed by atoms with Crippen LogP contribution in [-0.2, 0) is 4.79 Å². The summed E-state index contributed by atoms with van der Waals surface area (Å²) in [5, 5.41) is 12.5. The summed E-state index contributed by atoms with van der Waals surface area (Å²) >= 11 is 0. The van der Waals surface area contributed by atoms with Gasteiger partial charge in [-0.15, -0.1) is 0 Å². The van der Waals surface area contributed by atoms with E-state index >= 15 is 0 Å². The highest BCUT2D eigenvalue weighted by atomic mass is 16.3. The van der Waals surface area contributed by atoms with Gasteiger partial charge in [0.2, 0.25) is 5.91 Å². The Morgan fingerprint density at radius 2 is 1.63 bits per heavy atom. The van der Waals surface area contributed by atoms with Crippen molar-refractivity contribution in [2.24, 2.45) is 35.5 Å². The van der Waals surface area contributed by atoms with Crippen molar-refractivity contribution in [2.75, 3.05) is 6.61 Å². The normalized spacial score (nSPS) is 41.6. The third-order valence-corrected chi connectivity index (χ3v) is 5.86. The highest BCUT2D eigenvalue weighted by Crippen LogP contribution is 2.56. The molecule has 0 aromatic carbocycles. The third-order valence-electron chi connectivity index (χ3n) is 5.86. The van der Waals surface area contributed by atoms with Crippen LogP contribution < -0.4 is 5.32 Å². The summed E-state index contributed by atoms with van der Waals surface area (Å²) in [6.07, 6.45) is 6.52. The summed E-state index contributed by atoms with van der Waals surface area (Å²) in [6, 6.07) is -0.0790. The van der Waals surface area contributed by atoms with Gasteiger partial charge in [0.15, 0.2) is 0 Å². The molecule has 0 aromatic heterocycles. The van der Waals surface area contributed by atoms with E-state index in [9.17, 15) is 9.90 Å². The third kappa shape index (κ3) is 2.42. The molecule has 0 saturated heterocycles. The highest BCUT2D eigenvalue weighted by Gasteiger charge is 2.50. The molecule has 4 saturated carbocycles. The second kappa shape index (κ2) is 5.08. The average Bonchev–Trinajstić information content (AvgIpc) is 2.34. The molecule has 1 atom stereocenters. The predicted octanol–water partition coefficient (Wildman–Crippen LogP) is 2.19. The molecular weight excluding hydrogens is 238 g/mol. The molecule has 2 N–H and O–H groups in total. The van der Waals surface area contributed by atoms with Crippen LogP contribution in [-0.4, -0.2) is 23.7 Å². The molecule has 0 unspecified atom stereocenters. The molecule has 1 amide bonds. The predicted molar refractivity (Wildman–Crippen MR) is 74.4 cm³/mol. The Hall–Kier alpha value is -0.570. The maximum atomic E-state index is 12.6. The van der Waals surface area contributed by atoms with Crippen molar-refractivity contribution < 1.29 is 9.90 Å². The summed E-state index contributed by atoms with van der Waals surface area (Å²) in [5.74, 6) is 3.83. The lowest BCUT2D eigenvalue weighted by Gasteiger charge is -2.53. The van der Waals surface area contributed by atoms with E-state index in [-0.39, 0.29) is 24.5 Å². The Bertz CT molecular complexity index is 325. The maximum absolute atomic E-state index is 12.6. The summed E-state index contributed by atoms with van der Waals surface area (Å²) in [4.78, 5) is 12.6. The largest absolute Gasteiger partial charge is 0.394 e. The minimum atomic E-state index is -0.0790. The number of aliphatic hydroxyl groups excluding tert-OH is 1. The van der Waals surface area contributed by atoms with Gasteiger partial charge in [-0.2, -0.15) is 0 Å². The van der Waals surface area contributed by atoms with Gasteiger partial charge in [0.1, 0.15) is 0 Å². The van der Waals surface area contributed by atoms with E-state index in [1.165, 1.54) is 32.1 Å². The standard InChI is InChI=1S/C16H27NO2/c1-9(2)14(8-18)17-16(19)15-12-4-10-3-11(6-12)7-13(15)5-10/h9-15,18H,3-8H2,1-2H3,(H,17,19)/t10?,11?,12?,13?,14-,15?/m1/s1. The number of carbonyl (C=O) groups is 1. The molecule has 4 rings (SSSR count). The molecule has 108 valence electrons. The van der Waals surface area contributed by atoms with Gasteiger partial charge < -0.3 is 10.4 Å². The molecule has 4 fully saturated rings. The molecule has 0 aliphatic heterocycles. The van der Waals surface area contributed by atoms with Crippen LogP contribution in [0, 0.1) is 35.5 Å². The van der Waals surface area contributed by atoms with Crippen molar-refractivity contribution in [3.05, 3.63) is 0 Å². The first kappa shape index (κ1) is 13.4. The van der Waals surface area contributed by atoms with Crippen LogP contribution in [0.3, 0.4) is 0 Å². The van der Waals surface area contributed by atoms with E-state index in [1.807, 2.05) is 0 Å². The SMILES string of the molecule is CC(C)[C@@H](CO)NC(=O)C1C2CC3CC(C2)CC1C3. The van der Waals surface area contributed by atoms with Crippen LogP contribution in [0.25, 0.3) is 0 Å². The van der Waals surface area contributed by atoms with E-state index < -0.39 is 0 Å². The fourth-order valence-electron chi connectivity index (χ4n) is 5.06. The van der Waals surface area contributed by atoms with Crippen LogP contribution in [0.5, 0.6) is 0 Å². The number of rotatable bonds is 4. The van der Waals surface area contributed by atoms with Crippen LogP contribution in [0.15, 0.2) is 0 Å². The quantitative estimate of drug-likeness (QED) is 0.818. The minimum Gasteiger partial charge on any atom is -0.394 e. The number of hydrogen-bond donors (Lipinski definition) is 2. The topological polar surface area (TPSA) is 49.3 Å². The van der Waals surface area contributed by atoms with Gasteiger partial charge in [-0.25, -0.2) is 0 Å². The van der Waals surface area contributed by atoms with E-state index in [0.29, 0.717) is 17.8 Å². The number of hydrogen-bond acceptors (Lipinski definition) is 2. The Morgan fingerprint density at radius 1 is 1.11 bits per heavy atom. The van der Waals surface area contributed by atoms with E-state index in [2.05, 4.69) is 19.2 Å². The number of amides is 1. The molecule has 0 aromatic rings. The molecule has 4 aliphatic rings. The van der Waals surface area contributed by atoms with Gasteiger partial charge in [0, 0.05) is 5.92 Å². The van der Waals surface area contributed by atoms with Gasteiger partial charge in [-0.05, 0) is 61.7 Å². The van der Waals surface area contributed by atoms with Crippen molar-refractivity contribution in [1.82, 2.24) is 5.32 Å².